The Kier molecular flexibility index (Phi) is 7.74. The molecule has 0 saturated carbocycles. The fourth-order valence-electron chi connectivity index (χ4n) is 1.48. The highest BCUT2D eigenvalue weighted by Gasteiger charge is 2.30. The van der Waals surface area contributed by atoms with Crippen molar-refractivity contribution < 1.29 is 32.2 Å². The van der Waals surface area contributed by atoms with Crippen molar-refractivity contribution in [3.8, 4) is 0 Å². The van der Waals surface area contributed by atoms with Gasteiger partial charge in [-0.2, -0.15) is 13.2 Å². The van der Waals surface area contributed by atoms with Crippen LogP contribution in [0.4, 0.5) is 13.2 Å². The summed E-state index contributed by atoms with van der Waals surface area (Å²) < 4.78 is 44.9. The molecule has 0 N–H and O–H groups in total. The molecule has 0 aliphatic heterocycles. The summed E-state index contributed by atoms with van der Waals surface area (Å²) >= 11 is 0. The van der Waals surface area contributed by atoms with Gasteiger partial charge in [0.05, 0.1) is 5.92 Å². The Balaban J connectivity index is 4.04. The highest BCUT2D eigenvalue weighted by Crippen LogP contribution is 2.21. The van der Waals surface area contributed by atoms with Crippen LogP contribution in [-0.2, 0) is 19.1 Å². The number of carbonyl (C=O) groups is 2. The summed E-state index contributed by atoms with van der Waals surface area (Å²) in [6.45, 7) is 5.46. The standard InChI is InChI=1S/C14H23F3O4/c1-5-10(2)12(19)21-13(3,4)8-6-7-11(18)20-9-14(15,16)17/h10H,5-9H2,1-4H3. The second kappa shape index (κ2) is 8.24. The van der Waals surface area contributed by atoms with Crippen LogP contribution in [-0.4, -0.2) is 30.3 Å². The fourth-order valence-corrected chi connectivity index (χ4v) is 1.48. The summed E-state index contributed by atoms with van der Waals surface area (Å²) in [5.74, 6) is -1.43. The number of carbonyl (C=O) groups excluding carboxylic acids is 2. The van der Waals surface area contributed by atoms with Crippen LogP contribution in [0.1, 0.15) is 53.4 Å². The second-order valence-electron chi connectivity index (χ2n) is 5.62. The van der Waals surface area contributed by atoms with E-state index in [1.165, 1.54) is 0 Å². The van der Waals surface area contributed by atoms with Gasteiger partial charge in [0.25, 0.3) is 0 Å². The van der Waals surface area contributed by atoms with Gasteiger partial charge in [0.2, 0.25) is 0 Å². The minimum Gasteiger partial charge on any atom is -0.459 e. The molecule has 0 rings (SSSR count). The average Bonchev–Trinajstić information content (AvgIpc) is 2.33. The minimum atomic E-state index is -4.51. The third-order valence-corrected chi connectivity index (χ3v) is 2.95. The van der Waals surface area contributed by atoms with E-state index >= 15 is 0 Å². The molecule has 0 aliphatic carbocycles. The molecule has 0 radical (unpaired) electrons. The third-order valence-electron chi connectivity index (χ3n) is 2.95. The van der Waals surface area contributed by atoms with E-state index in [9.17, 15) is 22.8 Å². The Morgan fingerprint density at radius 2 is 1.76 bits per heavy atom. The largest absolute Gasteiger partial charge is 0.459 e. The molecule has 0 aromatic rings. The topological polar surface area (TPSA) is 52.6 Å². The lowest BCUT2D eigenvalue weighted by atomic mass is 10.0. The van der Waals surface area contributed by atoms with Gasteiger partial charge in [0, 0.05) is 6.42 Å². The van der Waals surface area contributed by atoms with Crippen molar-refractivity contribution in [1.82, 2.24) is 0 Å². The van der Waals surface area contributed by atoms with Gasteiger partial charge in [-0.1, -0.05) is 13.8 Å². The third kappa shape index (κ3) is 10.1. The molecule has 4 nitrogen and oxygen atoms in total. The number of halogens is 3. The lowest BCUT2D eigenvalue weighted by Crippen LogP contribution is -2.31. The summed E-state index contributed by atoms with van der Waals surface area (Å²) in [4.78, 5) is 22.8. The Morgan fingerprint density at radius 1 is 1.19 bits per heavy atom. The normalized spacial score (nSPS) is 13.7. The molecule has 0 saturated heterocycles. The zero-order chi connectivity index (χ0) is 16.7. The molecular weight excluding hydrogens is 289 g/mol. The number of esters is 2. The minimum absolute atomic E-state index is 0.139. The number of hydrogen-bond acceptors (Lipinski definition) is 4. The van der Waals surface area contributed by atoms with Gasteiger partial charge in [0.1, 0.15) is 5.60 Å². The lowest BCUT2D eigenvalue weighted by Gasteiger charge is -2.26. The summed E-state index contributed by atoms with van der Waals surface area (Å²) in [6, 6.07) is 0. The SMILES string of the molecule is CCC(C)C(=O)OC(C)(C)CCCC(=O)OCC(F)(F)F. The molecule has 0 amide bonds. The van der Waals surface area contributed by atoms with E-state index in [-0.39, 0.29) is 24.7 Å². The van der Waals surface area contributed by atoms with Gasteiger partial charge in [0.15, 0.2) is 6.61 Å². The van der Waals surface area contributed by atoms with Gasteiger partial charge in [-0.25, -0.2) is 0 Å². The fraction of sp³-hybridized carbons (Fsp3) is 0.857. The Labute approximate surface area is 123 Å². The molecule has 0 aromatic heterocycles. The molecule has 0 aliphatic rings. The molecule has 21 heavy (non-hydrogen) atoms. The molecule has 0 spiro atoms. The molecule has 1 unspecified atom stereocenters. The van der Waals surface area contributed by atoms with Crippen LogP contribution in [0.3, 0.4) is 0 Å². The monoisotopic (exact) mass is 312 g/mol. The van der Waals surface area contributed by atoms with Crippen LogP contribution in [0.25, 0.3) is 0 Å². The predicted molar refractivity (Wildman–Crippen MR) is 70.5 cm³/mol. The lowest BCUT2D eigenvalue weighted by molar-refractivity contribution is -0.186. The first kappa shape index (κ1) is 19.7. The van der Waals surface area contributed by atoms with Crippen LogP contribution in [0.2, 0.25) is 0 Å². The van der Waals surface area contributed by atoms with Gasteiger partial charge >= 0.3 is 18.1 Å². The molecular formula is C14H23F3O4. The highest BCUT2D eigenvalue weighted by molar-refractivity contribution is 5.72. The van der Waals surface area contributed by atoms with Gasteiger partial charge in [-0.15, -0.1) is 0 Å². The Bertz CT molecular complexity index is 351. The quantitative estimate of drug-likeness (QED) is 0.642. The molecule has 0 aromatic carbocycles. The molecule has 0 fully saturated rings. The molecule has 7 heteroatoms. The van der Waals surface area contributed by atoms with E-state index in [0.717, 1.165) is 0 Å². The number of rotatable bonds is 8. The zero-order valence-corrected chi connectivity index (χ0v) is 12.9. The Morgan fingerprint density at radius 3 is 2.24 bits per heavy atom. The van der Waals surface area contributed by atoms with E-state index in [1.54, 1.807) is 20.8 Å². The summed E-state index contributed by atoms with van der Waals surface area (Å²) in [7, 11) is 0. The Hall–Kier alpha value is -1.27. The van der Waals surface area contributed by atoms with Crippen LogP contribution in [0, 0.1) is 5.92 Å². The van der Waals surface area contributed by atoms with Gasteiger partial charge in [-0.05, 0) is 33.1 Å². The first-order chi connectivity index (χ1) is 9.47. The van der Waals surface area contributed by atoms with Crippen LogP contribution in [0.15, 0.2) is 0 Å². The summed E-state index contributed by atoms with van der Waals surface area (Å²) in [5, 5.41) is 0. The van der Waals surface area contributed by atoms with Crippen LogP contribution >= 0.6 is 0 Å². The predicted octanol–water partition coefficient (Wildman–Crippen LogP) is 3.63. The maximum Gasteiger partial charge on any atom is 0.422 e. The van der Waals surface area contributed by atoms with Crippen molar-refractivity contribution in [2.24, 2.45) is 5.92 Å². The summed E-state index contributed by atoms with van der Waals surface area (Å²) in [5.41, 5.74) is -0.759. The average molecular weight is 312 g/mol. The van der Waals surface area contributed by atoms with Crippen molar-refractivity contribution in [3.05, 3.63) is 0 Å². The van der Waals surface area contributed by atoms with Crippen LogP contribution < -0.4 is 0 Å². The van der Waals surface area contributed by atoms with Crippen molar-refractivity contribution in [2.45, 2.75) is 65.2 Å². The van der Waals surface area contributed by atoms with Crippen LogP contribution in [0.5, 0.6) is 0 Å². The molecule has 0 heterocycles. The first-order valence-corrected chi connectivity index (χ1v) is 6.92. The van der Waals surface area contributed by atoms with E-state index in [2.05, 4.69) is 4.74 Å². The van der Waals surface area contributed by atoms with Crippen molar-refractivity contribution in [2.75, 3.05) is 6.61 Å². The molecule has 124 valence electrons. The van der Waals surface area contributed by atoms with E-state index in [1.807, 2.05) is 6.92 Å². The van der Waals surface area contributed by atoms with Crippen molar-refractivity contribution >= 4 is 11.9 Å². The van der Waals surface area contributed by atoms with E-state index in [0.29, 0.717) is 12.8 Å². The molecule has 0 bridgehead atoms. The van der Waals surface area contributed by atoms with Crippen molar-refractivity contribution in [3.63, 3.8) is 0 Å². The van der Waals surface area contributed by atoms with E-state index in [4.69, 9.17) is 4.74 Å². The first-order valence-electron chi connectivity index (χ1n) is 6.92. The number of ether oxygens (including phenoxy) is 2. The van der Waals surface area contributed by atoms with Gasteiger partial charge in [-0.3, -0.25) is 9.59 Å². The maximum absolute atomic E-state index is 11.8. The zero-order valence-electron chi connectivity index (χ0n) is 12.9. The van der Waals surface area contributed by atoms with Gasteiger partial charge < -0.3 is 9.47 Å². The molecule has 1 atom stereocenters. The summed E-state index contributed by atoms with van der Waals surface area (Å²) in [6.07, 6.45) is -3.33. The van der Waals surface area contributed by atoms with Crippen molar-refractivity contribution in [1.29, 1.82) is 0 Å². The smallest absolute Gasteiger partial charge is 0.422 e. The highest BCUT2D eigenvalue weighted by atomic mass is 19.4. The second-order valence-corrected chi connectivity index (χ2v) is 5.62. The van der Waals surface area contributed by atoms with E-state index < -0.39 is 24.4 Å². The number of hydrogen-bond donors (Lipinski definition) is 0. The maximum atomic E-state index is 11.8. The number of alkyl halides is 3.